The lowest BCUT2D eigenvalue weighted by atomic mass is 9.91. The summed E-state index contributed by atoms with van der Waals surface area (Å²) in [6, 6.07) is 8.81. The maximum absolute atomic E-state index is 13.3. The summed E-state index contributed by atoms with van der Waals surface area (Å²) in [5, 5.41) is 27.3. The SMILES string of the molecule is COCc1cc(C(=O)Nc2cc([C@H]3CC[C@@H](C(CCCCCCCCc4ccc5c(c4)n(C)c(=O)n5C4CCC(=O)NC4=O)NC(=O)O)C3)nn2C(C)(C)C)n(C)n1. The smallest absolute Gasteiger partial charge is 0.404 e. The van der Waals surface area contributed by atoms with Crippen LogP contribution in [0.1, 0.15) is 137 Å². The first-order chi connectivity index (χ1) is 27.6. The van der Waals surface area contributed by atoms with Crippen LogP contribution in [-0.4, -0.2) is 70.8 Å². The van der Waals surface area contributed by atoms with Gasteiger partial charge in [-0.05, 0) is 95.4 Å². The van der Waals surface area contributed by atoms with E-state index in [4.69, 9.17) is 9.84 Å². The summed E-state index contributed by atoms with van der Waals surface area (Å²) >= 11 is 0. The van der Waals surface area contributed by atoms with Crippen LogP contribution in [0.2, 0.25) is 0 Å². The van der Waals surface area contributed by atoms with Gasteiger partial charge < -0.3 is 20.5 Å². The van der Waals surface area contributed by atoms with Gasteiger partial charge in [0.15, 0.2) is 0 Å². The molecule has 2 aliphatic rings. The van der Waals surface area contributed by atoms with Gasteiger partial charge in [0, 0.05) is 45.7 Å². The van der Waals surface area contributed by atoms with E-state index in [0.29, 0.717) is 35.8 Å². The minimum absolute atomic E-state index is 0.131. The highest BCUT2D eigenvalue weighted by molar-refractivity contribution is 6.02. The molecule has 0 spiro atoms. The topological polar surface area (TPSA) is 196 Å². The van der Waals surface area contributed by atoms with Gasteiger partial charge >= 0.3 is 11.8 Å². The first-order valence-corrected chi connectivity index (χ1v) is 20.6. The van der Waals surface area contributed by atoms with Gasteiger partial charge in [0.25, 0.3) is 5.91 Å². The summed E-state index contributed by atoms with van der Waals surface area (Å²) < 4.78 is 11.7. The Hall–Kier alpha value is -5.25. The molecule has 16 nitrogen and oxygen atoms in total. The minimum Gasteiger partial charge on any atom is -0.465 e. The summed E-state index contributed by atoms with van der Waals surface area (Å²) in [6.45, 7) is 6.44. The minimum atomic E-state index is -0.995. The number of imidazole rings is 1. The van der Waals surface area contributed by atoms with Crippen LogP contribution in [0.25, 0.3) is 11.0 Å². The van der Waals surface area contributed by atoms with Crippen molar-refractivity contribution in [1.82, 2.24) is 39.3 Å². The molecular weight excluding hydrogens is 743 g/mol. The third kappa shape index (κ3) is 9.71. The molecule has 1 saturated heterocycles. The molecule has 2 fully saturated rings. The first-order valence-electron chi connectivity index (χ1n) is 20.6. The molecule has 4 amide bonds. The van der Waals surface area contributed by atoms with Gasteiger partial charge in [0.2, 0.25) is 11.8 Å². The number of carbonyl (C=O) groups excluding carboxylic acids is 3. The lowest BCUT2D eigenvalue weighted by Crippen LogP contribution is -2.44. The van der Waals surface area contributed by atoms with Crippen molar-refractivity contribution in [2.75, 3.05) is 12.4 Å². The van der Waals surface area contributed by atoms with Crippen LogP contribution in [0.5, 0.6) is 0 Å². The predicted molar refractivity (Wildman–Crippen MR) is 219 cm³/mol. The van der Waals surface area contributed by atoms with E-state index in [9.17, 15) is 29.1 Å². The Morgan fingerprint density at radius 2 is 1.71 bits per heavy atom. The molecule has 4 aromatic rings. The van der Waals surface area contributed by atoms with Gasteiger partial charge in [0.1, 0.15) is 17.6 Å². The molecule has 1 aromatic carbocycles. The summed E-state index contributed by atoms with van der Waals surface area (Å²) in [4.78, 5) is 62.4. The number of benzene rings is 1. The number of amides is 4. The van der Waals surface area contributed by atoms with Gasteiger partial charge in [-0.3, -0.25) is 33.5 Å². The Balaban J connectivity index is 0.970. The molecule has 3 aromatic heterocycles. The highest BCUT2D eigenvalue weighted by Gasteiger charge is 2.35. The number of carboxylic acid groups (broad SMARTS) is 1. The van der Waals surface area contributed by atoms with Gasteiger partial charge in [-0.15, -0.1) is 0 Å². The zero-order valence-electron chi connectivity index (χ0n) is 34.7. The molecule has 0 bridgehead atoms. The first kappa shape index (κ1) is 42.4. The molecule has 4 N–H and O–H groups in total. The average Bonchev–Trinajstić information content (AvgIpc) is 3.95. The number of imide groups is 1. The fraction of sp³-hybridized carbons (Fsp3) is 0.595. The van der Waals surface area contributed by atoms with Crippen molar-refractivity contribution in [3.8, 4) is 0 Å². The number of ether oxygens (including phenoxy) is 1. The van der Waals surface area contributed by atoms with Crippen LogP contribution in [0, 0.1) is 5.92 Å². The lowest BCUT2D eigenvalue weighted by molar-refractivity contribution is -0.135. The van der Waals surface area contributed by atoms with E-state index >= 15 is 0 Å². The molecule has 314 valence electrons. The zero-order valence-corrected chi connectivity index (χ0v) is 34.7. The molecule has 58 heavy (non-hydrogen) atoms. The third-order valence-corrected chi connectivity index (χ3v) is 11.7. The number of piperidine rings is 1. The van der Waals surface area contributed by atoms with Crippen LogP contribution >= 0.6 is 0 Å². The van der Waals surface area contributed by atoms with Crippen molar-refractivity contribution in [2.45, 2.75) is 134 Å². The van der Waals surface area contributed by atoms with Crippen molar-refractivity contribution in [3.63, 3.8) is 0 Å². The van der Waals surface area contributed by atoms with Crippen LogP contribution < -0.4 is 21.6 Å². The van der Waals surface area contributed by atoms with Gasteiger partial charge in [-0.25, -0.2) is 14.3 Å². The maximum atomic E-state index is 13.3. The number of aryl methyl sites for hydroxylation is 3. The number of nitrogens with one attached hydrogen (secondary N) is 3. The molecular formula is C42H59N9O7. The number of anilines is 1. The number of unbranched alkanes of at least 4 members (excludes halogenated alkanes) is 5. The number of hydrogen-bond acceptors (Lipinski definition) is 8. The largest absolute Gasteiger partial charge is 0.465 e. The maximum Gasteiger partial charge on any atom is 0.404 e. The normalized spacial score (nSPS) is 19.1. The Labute approximate surface area is 338 Å². The average molecular weight is 802 g/mol. The van der Waals surface area contributed by atoms with E-state index < -0.39 is 18.0 Å². The highest BCUT2D eigenvalue weighted by atomic mass is 16.5. The molecule has 2 unspecified atom stereocenters. The quantitative estimate of drug-likeness (QED) is 0.0743. The van der Waals surface area contributed by atoms with Crippen molar-refractivity contribution in [1.29, 1.82) is 0 Å². The van der Waals surface area contributed by atoms with Crippen molar-refractivity contribution < 1.29 is 29.0 Å². The standard InChI is InChI=1S/C42H59N9O7/c1-42(2,3)51-36(44-39(54)35-23-29(25-58-6)46-49(35)5)24-31(47-51)28-17-16-27(22-28)30(43-40(55)56)14-12-10-8-7-9-11-13-26-15-18-32-34(21-26)48(4)41(57)50(32)33-19-20-37(52)45-38(33)53/h15,18,21,23-24,27-28,30,33,43H,7-14,16-17,19-20,22,25H2,1-6H3,(H,44,54)(H,55,56)(H,45,52,53)/t27-,28+,30?,33?/m1/s1. The van der Waals surface area contributed by atoms with E-state index in [1.807, 2.05) is 49.7 Å². The van der Waals surface area contributed by atoms with Crippen LogP contribution in [0.3, 0.4) is 0 Å². The van der Waals surface area contributed by atoms with Gasteiger partial charge in [0.05, 0.1) is 34.6 Å². The molecule has 1 saturated carbocycles. The van der Waals surface area contributed by atoms with Crippen LogP contribution in [0.15, 0.2) is 35.1 Å². The highest BCUT2D eigenvalue weighted by Crippen LogP contribution is 2.41. The molecule has 1 aliphatic heterocycles. The van der Waals surface area contributed by atoms with Gasteiger partial charge in [-0.2, -0.15) is 10.2 Å². The summed E-state index contributed by atoms with van der Waals surface area (Å²) in [7, 11) is 5.03. The van der Waals surface area contributed by atoms with Crippen molar-refractivity contribution >= 4 is 40.7 Å². The molecule has 16 heteroatoms. The number of nitrogens with zero attached hydrogens (tertiary/aromatic N) is 6. The molecule has 1 aliphatic carbocycles. The monoisotopic (exact) mass is 801 g/mol. The van der Waals surface area contributed by atoms with Gasteiger partial charge in [-0.1, -0.05) is 38.2 Å². The summed E-state index contributed by atoms with van der Waals surface area (Å²) in [6.07, 6.45) is 10.0. The number of fused-ring (bicyclic) bond motifs is 1. The second-order valence-electron chi connectivity index (χ2n) is 17.1. The summed E-state index contributed by atoms with van der Waals surface area (Å²) in [5.74, 6) is -0.0586. The van der Waals surface area contributed by atoms with E-state index in [-0.39, 0.29) is 47.3 Å². The van der Waals surface area contributed by atoms with E-state index in [1.165, 1.54) is 4.57 Å². The van der Waals surface area contributed by atoms with Crippen LogP contribution in [-0.2, 0) is 47.0 Å². The fourth-order valence-corrected chi connectivity index (χ4v) is 8.77. The molecule has 0 radical (unpaired) electrons. The Morgan fingerprint density at radius 1 is 0.966 bits per heavy atom. The van der Waals surface area contributed by atoms with Crippen LogP contribution in [0.4, 0.5) is 10.6 Å². The Kier molecular flexibility index (Phi) is 13.2. The van der Waals surface area contributed by atoms with Crippen molar-refractivity contribution in [2.24, 2.45) is 20.0 Å². The number of rotatable bonds is 17. The Morgan fingerprint density at radius 3 is 2.41 bits per heavy atom. The van der Waals surface area contributed by atoms with E-state index in [0.717, 1.165) is 87.4 Å². The predicted octanol–water partition coefficient (Wildman–Crippen LogP) is 5.89. The number of methoxy groups -OCH3 is 1. The molecule has 4 atom stereocenters. The van der Waals surface area contributed by atoms with Crippen molar-refractivity contribution in [3.05, 3.63) is 63.5 Å². The fourth-order valence-electron chi connectivity index (χ4n) is 8.77. The molecule has 4 heterocycles. The number of hydrogen-bond donors (Lipinski definition) is 4. The third-order valence-electron chi connectivity index (χ3n) is 11.7. The van der Waals surface area contributed by atoms with E-state index in [2.05, 4.69) is 21.0 Å². The van der Waals surface area contributed by atoms with E-state index in [1.54, 1.807) is 36.5 Å². The summed E-state index contributed by atoms with van der Waals surface area (Å²) in [5.41, 5.74) is 3.95. The second-order valence-corrected chi connectivity index (χ2v) is 17.1. The lowest BCUT2D eigenvalue weighted by Gasteiger charge is -2.24. The number of carbonyl (C=O) groups is 4. The Bertz CT molecular complexity index is 2190. The number of aromatic nitrogens is 6. The molecule has 6 rings (SSSR count). The zero-order chi connectivity index (χ0) is 41.7. The second kappa shape index (κ2) is 18.1.